The van der Waals surface area contributed by atoms with Gasteiger partial charge < -0.3 is 9.80 Å². The van der Waals surface area contributed by atoms with E-state index in [1.165, 1.54) is 16.4 Å². The summed E-state index contributed by atoms with van der Waals surface area (Å²) in [6, 6.07) is 12.7. The van der Waals surface area contributed by atoms with Gasteiger partial charge >= 0.3 is 0 Å². The molecule has 1 saturated heterocycles. The second-order valence-corrected chi connectivity index (χ2v) is 9.58. The van der Waals surface area contributed by atoms with Gasteiger partial charge in [0.15, 0.2) is 0 Å². The molecule has 1 aliphatic heterocycles. The van der Waals surface area contributed by atoms with E-state index in [2.05, 4.69) is 0 Å². The Bertz CT molecular complexity index is 1040. The maximum atomic E-state index is 13.0. The average Bonchev–Trinajstić information content (AvgIpc) is 2.79. The number of carbonyl (C=O) groups excluding carboxylic acids is 2. The molecule has 2 amide bonds. The maximum absolute atomic E-state index is 13.0. The highest BCUT2D eigenvalue weighted by Crippen LogP contribution is 2.20. The summed E-state index contributed by atoms with van der Waals surface area (Å²) >= 11 is 5.96. The zero-order chi connectivity index (χ0) is 22.6. The Balaban J connectivity index is 1.67. The van der Waals surface area contributed by atoms with Gasteiger partial charge in [-0.05, 0) is 56.3 Å². The first-order valence-corrected chi connectivity index (χ1v) is 12.0. The van der Waals surface area contributed by atoms with Crippen LogP contribution in [0, 0.1) is 0 Å². The van der Waals surface area contributed by atoms with E-state index in [1.807, 2.05) is 13.8 Å². The van der Waals surface area contributed by atoms with Gasteiger partial charge in [-0.1, -0.05) is 17.7 Å². The number of halogens is 1. The molecule has 0 saturated carbocycles. The second-order valence-electron chi connectivity index (χ2n) is 7.21. The van der Waals surface area contributed by atoms with Crippen LogP contribution in [-0.4, -0.2) is 73.6 Å². The largest absolute Gasteiger partial charge is 0.339 e. The molecule has 1 heterocycles. The van der Waals surface area contributed by atoms with Crippen molar-refractivity contribution in [2.24, 2.45) is 0 Å². The van der Waals surface area contributed by atoms with Crippen molar-refractivity contribution in [3.8, 4) is 0 Å². The Hall–Kier alpha value is -2.42. The van der Waals surface area contributed by atoms with Gasteiger partial charge in [-0.3, -0.25) is 9.59 Å². The van der Waals surface area contributed by atoms with Crippen LogP contribution in [0.4, 0.5) is 0 Å². The lowest BCUT2D eigenvalue weighted by atomic mass is 10.2. The summed E-state index contributed by atoms with van der Waals surface area (Å²) in [6.45, 7) is 5.98. The molecule has 7 nitrogen and oxygen atoms in total. The number of benzene rings is 2. The Kier molecular flexibility index (Phi) is 7.35. The van der Waals surface area contributed by atoms with Crippen molar-refractivity contribution >= 4 is 33.4 Å². The molecule has 1 fully saturated rings. The van der Waals surface area contributed by atoms with Crippen LogP contribution < -0.4 is 0 Å². The topological polar surface area (TPSA) is 78.0 Å². The van der Waals surface area contributed by atoms with Crippen LogP contribution in [0.2, 0.25) is 5.02 Å². The molecule has 0 atom stereocenters. The van der Waals surface area contributed by atoms with E-state index in [1.54, 1.807) is 46.2 Å². The Labute approximate surface area is 188 Å². The van der Waals surface area contributed by atoms with Crippen molar-refractivity contribution in [2.45, 2.75) is 18.7 Å². The van der Waals surface area contributed by atoms with Gasteiger partial charge in [0.05, 0.1) is 4.90 Å². The fourth-order valence-corrected chi connectivity index (χ4v) is 5.16. The molecule has 2 aromatic rings. The quantitative estimate of drug-likeness (QED) is 0.659. The van der Waals surface area contributed by atoms with Crippen LogP contribution >= 0.6 is 11.6 Å². The van der Waals surface area contributed by atoms with E-state index < -0.39 is 10.0 Å². The number of rotatable bonds is 6. The van der Waals surface area contributed by atoms with E-state index in [0.29, 0.717) is 42.3 Å². The minimum atomic E-state index is -3.71. The summed E-state index contributed by atoms with van der Waals surface area (Å²) in [5.41, 5.74) is 0.942. The predicted octanol–water partition coefficient (Wildman–Crippen LogP) is 2.97. The summed E-state index contributed by atoms with van der Waals surface area (Å²) in [4.78, 5) is 28.5. The summed E-state index contributed by atoms with van der Waals surface area (Å²) in [5, 5.41) is 0.481. The summed E-state index contributed by atoms with van der Waals surface area (Å²) in [6.07, 6.45) is 0. The molecule has 9 heteroatoms. The Morgan fingerprint density at radius 2 is 1.55 bits per heavy atom. The van der Waals surface area contributed by atoms with E-state index in [4.69, 9.17) is 11.6 Å². The molecular weight excluding hydrogens is 438 g/mol. The molecule has 0 aliphatic carbocycles. The maximum Gasteiger partial charge on any atom is 0.253 e. The highest BCUT2D eigenvalue weighted by atomic mass is 35.5. The fraction of sp³-hybridized carbons (Fsp3) is 0.364. The van der Waals surface area contributed by atoms with Crippen molar-refractivity contribution in [3.63, 3.8) is 0 Å². The van der Waals surface area contributed by atoms with Crippen LogP contribution in [0.5, 0.6) is 0 Å². The van der Waals surface area contributed by atoms with Crippen LogP contribution in [0.25, 0.3) is 0 Å². The lowest BCUT2D eigenvalue weighted by molar-refractivity contribution is 0.0697. The van der Waals surface area contributed by atoms with Gasteiger partial charge in [-0.2, -0.15) is 4.31 Å². The number of hydrogen-bond acceptors (Lipinski definition) is 4. The summed E-state index contributed by atoms with van der Waals surface area (Å²) < 4.78 is 27.4. The average molecular weight is 464 g/mol. The smallest absolute Gasteiger partial charge is 0.253 e. The number of nitrogens with zero attached hydrogens (tertiary/aromatic N) is 3. The monoisotopic (exact) mass is 463 g/mol. The van der Waals surface area contributed by atoms with E-state index in [9.17, 15) is 18.0 Å². The lowest BCUT2D eigenvalue weighted by Crippen LogP contribution is -2.50. The number of hydrogen-bond donors (Lipinski definition) is 0. The van der Waals surface area contributed by atoms with Crippen LogP contribution in [0.3, 0.4) is 0 Å². The number of carbonyl (C=O) groups is 2. The van der Waals surface area contributed by atoms with Crippen molar-refractivity contribution in [1.29, 1.82) is 0 Å². The van der Waals surface area contributed by atoms with E-state index in [-0.39, 0.29) is 29.8 Å². The zero-order valence-electron chi connectivity index (χ0n) is 17.6. The molecule has 0 radical (unpaired) electrons. The minimum Gasteiger partial charge on any atom is -0.339 e. The second kappa shape index (κ2) is 9.80. The first-order chi connectivity index (χ1) is 14.8. The predicted molar refractivity (Wildman–Crippen MR) is 120 cm³/mol. The third-order valence-corrected chi connectivity index (χ3v) is 7.54. The van der Waals surface area contributed by atoms with Crippen molar-refractivity contribution < 1.29 is 18.0 Å². The molecule has 0 spiro atoms. The van der Waals surface area contributed by atoms with Crippen LogP contribution in [0.1, 0.15) is 34.6 Å². The van der Waals surface area contributed by atoms with Gasteiger partial charge in [-0.15, -0.1) is 0 Å². The van der Waals surface area contributed by atoms with E-state index >= 15 is 0 Å². The molecule has 0 N–H and O–H groups in total. The Morgan fingerprint density at radius 1 is 0.935 bits per heavy atom. The molecular formula is C22H26ClN3O4S. The molecule has 166 valence electrons. The van der Waals surface area contributed by atoms with Crippen LogP contribution in [0.15, 0.2) is 53.4 Å². The third kappa shape index (κ3) is 5.08. The fourth-order valence-electron chi connectivity index (χ4n) is 3.55. The van der Waals surface area contributed by atoms with E-state index in [0.717, 1.165) is 0 Å². The molecule has 3 rings (SSSR count). The SMILES string of the molecule is CCN(CC)C(=O)c1ccc(S(=O)(=O)N2CCN(C(=O)c3cccc(Cl)c3)CC2)cc1. The first kappa shape index (κ1) is 23.2. The van der Waals surface area contributed by atoms with Gasteiger partial charge in [0.1, 0.15) is 0 Å². The Morgan fingerprint density at radius 3 is 2.10 bits per heavy atom. The first-order valence-electron chi connectivity index (χ1n) is 10.2. The molecule has 31 heavy (non-hydrogen) atoms. The standard InChI is InChI=1S/C22H26ClN3O4S/c1-3-24(4-2)21(27)17-8-10-20(11-9-17)31(29,30)26-14-12-25(13-15-26)22(28)18-6-5-7-19(23)16-18/h5-11,16H,3-4,12-15H2,1-2H3. The minimum absolute atomic E-state index is 0.123. The molecule has 1 aliphatic rings. The number of sulfonamides is 1. The molecule has 2 aromatic carbocycles. The number of amides is 2. The van der Waals surface area contributed by atoms with Crippen molar-refractivity contribution in [1.82, 2.24) is 14.1 Å². The zero-order valence-corrected chi connectivity index (χ0v) is 19.2. The van der Waals surface area contributed by atoms with Crippen molar-refractivity contribution in [3.05, 3.63) is 64.7 Å². The molecule has 0 unspecified atom stereocenters. The summed E-state index contributed by atoms with van der Waals surface area (Å²) in [7, 11) is -3.71. The van der Waals surface area contributed by atoms with Crippen LogP contribution in [-0.2, 0) is 10.0 Å². The van der Waals surface area contributed by atoms with Gasteiger partial charge in [0.25, 0.3) is 11.8 Å². The van der Waals surface area contributed by atoms with Crippen molar-refractivity contribution in [2.75, 3.05) is 39.3 Å². The lowest BCUT2D eigenvalue weighted by Gasteiger charge is -2.34. The number of piperazine rings is 1. The highest BCUT2D eigenvalue weighted by Gasteiger charge is 2.30. The molecule has 0 aromatic heterocycles. The normalized spacial score (nSPS) is 15.0. The molecule has 0 bridgehead atoms. The van der Waals surface area contributed by atoms with Gasteiger partial charge in [-0.25, -0.2) is 8.42 Å². The summed E-state index contributed by atoms with van der Waals surface area (Å²) in [5.74, 6) is -0.291. The highest BCUT2D eigenvalue weighted by molar-refractivity contribution is 7.89. The van der Waals surface area contributed by atoms with Gasteiger partial charge in [0, 0.05) is 55.4 Å². The van der Waals surface area contributed by atoms with Gasteiger partial charge in [0.2, 0.25) is 10.0 Å². The third-order valence-electron chi connectivity index (χ3n) is 5.39.